The summed E-state index contributed by atoms with van der Waals surface area (Å²) < 4.78 is 23.3. The van der Waals surface area contributed by atoms with Gasteiger partial charge >= 0.3 is 0 Å². The quantitative estimate of drug-likeness (QED) is 0.488. The van der Waals surface area contributed by atoms with Gasteiger partial charge in [-0.05, 0) is 6.42 Å². The summed E-state index contributed by atoms with van der Waals surface area (Å²) in [5.41, 5.74) is 0. The van der Waals surface area contributed by atoms with Crippen LogP contribution < -0.4 is 0 Å². The lowest BCUT2D eigenvalue weighted by atomic mass is 10.2. The Balaban J connectivity index is 3.40. The van der Waals surface area contributed by atoms with Crippen LogP contribution in [0.15, 0.2) is 12.2 Å². The topological polar surface area (TPSA) is 20.2 Å². The van der Waals surface area contributed by atoms with Crippen molar-refractivity contribution in [1.29, 1.82) is 0 Å². The van der Waals surface area contributed by atoms with Crippen molar-refractivity contribution >= 4 is 0 Å². The molecule has 0 unspecified atom stereocenters. The second kappa shape index (κ2) is 6.28. The number of aliphatic hydroxyl groups is 1. The van der Waals surface area contributed by atoms with Crippen LogP contribution in [0.4, 0.5) is 8.78 Å². The van der Waals surface area contributed by atoms with Gasteiger partial charge in [0.2, 0.25) is 0 Å². The predicted molar refractivity (Wildman–Crippen MR) is 40.7 cm³/mol. The Kier molecular flexibility index (Phi) is 6.03. The first-order chi connectivity index (χ1) is 5.18. The molecular weight excluding hydrogens is 150 g/mol. The lowest BCUT2D eigenvalue weighted by Crippen LogP contribution is -2.13. The highest BCUT2D eigenvalue weighted by Gasteiger charge is 2.11. The van der Waals surface area contributed by atoms with Crippen LogP contribution in [0.5, 0.6) is 0 Å². The molecule has 0 fully saturated rings. The van der Waals surface area contributed by atoms with E-state index in [1.807, 2.05) is 6.92 Å². The molecule has 0 aromatic carbocycles. The highest BCUT2D eigenvalue weighted by atomic mass is 19.3. The summed E-state index contributed by atoms with van der Waals surface area (Å²) in [7, 11) is 0. The summed E-state index contributed by atoms with van der Waals surface area (Å²) in [5.74, 6) is 0. The van der Waals surface area contributed by atoms with Gasteiger partial charge in [-0.15, -0.1) is 0 Å². The summed E-state index contributed by atoms with van der Waals surface area (Å²) >= 11 is 0. The fourth-order valence-electron chi connectivity index (χ4n) is 0.642. The zero-order chi connectivity index (χ0) is 8.69. The average Bonchev–Trinajstić information content (AvgIpc) is 1.97. The Bertz CT molecular complexity index is 113. The van der Waals surface area contributed by atoms with Crippen LogP contribution in [0, 0.1) is 0 Å². The normalized spacial score (nSPS) is 14.6. The van der Waals surface area contributed by atoms with E-state index in [1.165, 1.54) is 0 Å². The molecule has 0 heterocycles. The summed E-state index contributed by atoms with van der Waals surface area (Å²) in [4.78, 5) is 0. The summed E-state index contributed by atoms with van der Waals surface area (Å²) in [6.07, 6.45) is 1.28. The van der Waals surface area contributed by atoms with E-state index in [9.17, 15) is 8.78 Å². The Morgan fingerprint density at radius 1 is 1.45 bits per heavy atom. The van der Waals surface area contributed by atoms with Gasteiger partial charge in [0.05, 0.1) is 0 Å². The summed E-state index contributed by atoms with van der Waals surface area (Å²) in [5, 5.41) is 8.59. The molecule has 1 nitrogen and oxygen atoms in total. The number of alkyl halides is 2. The van der Waals surface area contributed by atoms with Crippen molar-refractivity contribution in [2.45, 2.75) is 38.7 Å². The molecule has 0 aliphatic heterocycles. The maximum atomic E-state index is 11.6. The van der Waals surface area contributed by atoms with Crippen LogP contribution in [0.3, 0.4) is 0 Å². The third-order valence-corrected chi connectivity index (χ3v) is 1.32. The monoisotopic (exact) mass is 164 g/mol. The van der Waals surface area contributed by atoms with E-state index in [0.29, 0.717) is 0 Å². The molecule has 0 spiro atoms. The number of halogens is 2. The number of rotatable bonds is 5. The minimum Gasteiger partial charge on any atom is -0.383 e. The van der Waals surface area contributed by atoms with Gasteiger partial charge in [0.15, 0.2) is 0 Å². The van der Waals surface area contributed by atoms with Crippen LogP contribution in [-0.2, 0) is 0 Å². The predicted octanol–water partition coefficient (Wildman–Crippen LogP) is 2.36. The van der Waals surface area contributed by atoms with Crippen molar-refractivity contribution in [3.05, 3.63) is 12.2 Å². The molecule has 0 amide bonds. The number of hydrogen-bond donors (Lipinski definition) is 1. The second-order valence-electron chi connectivity index (χ2n) is 2.40. The maximum absolute atomic E-state index is 11.6. The van der Waals surface area contributed by atoms with Crippen LogP contribution >= 0.6 is 0 Å². The molecule has 0 bridgehead atoms. The second-order valence-corrected chi connectivity index (χ2v) is 2.40. The fourth-order valence-corrected chi connectivity index (χ4v) is 0.642. The van der Waals surface area contributed by atoms with E-state index in [-0.39, 0.29) is 0 Å². The first-order valence-electron chi connectivity index (χ1n) is 3.81. The van der Waals surface area contributed by atoms with Gasteiger partial charge in [-0.3, -0.25) is 0 Å². The molecule has 66 valence electrons. The molecule has 11 heavy (non-hydrogen) atoms. The summed E-state index contributed by atoms with van der Waals surface area (Å²) in [6.45, 7) is 2.03. The van der Waals surface area contributed by atoms with Gasteiger partial charge < -0.3 is 5.11 Å². The maximum Gasteiger partial charge on any atom is 0.267 e. The highest BCUT2D eigenvalue weighted by Crippen LogP contribution is 2.03. The summed E-state index contributed by atoms with van der Waals surface area (Å²) in [6, 6.07) is 0. The van der Waals surface area contributed by atoms with Crippen molar-refractivity contribution in [3.8, 4) is 0 Å². The number of unbranched alkanes of at least 4 members (excludes halogenated alkanes) is 2. The number of allylic oxidation sites excluding steroid dienone is 1. The van der Waals surface area contributed by atoms with Gasteiger partial charge in [0.1, 0.15) is 6.10 Å². The lowest BCUT2D eigenvalue weighted by molar-refractivity contribution is 0.0240. The zero-order valence-corrected chi connectivity index (χ0v) is 6.63. The van der Waals surface area contributed by atoms with Crippen molar-refractivity contribution in [1.82, 2.24) is 0 Å². The largest absolute Gasteiger partial charge is 0.383 e. The van der Waals surface area contributed by atoms with Gasteiger partial charge in [-0.1, -0.05) is 31.9 Å². The fraction of sp³-hybridized carbons (Fsp3) is 0.750. The Labute approximate surface area is 65.7 Å². The number of hydrogen-bond acceptors (Lipinski definition) is 1. The lowest BCUT2D eigenvalue weighted by Gasteiger charge is -2.01. The molecule has 0 rings (SSSR count). The van der Waals surface area contributed by atoms with Crippen LogP contribution in [0.1, 0.15) is 26.2 Å². The Morgan fingerprint density at radius 3 is 2.55 bits per heavy atom. The third kappa shape index (κ3) is 5.98. The van der Waals surface area contributed by atoms with Crippen LogP contribution in [0.2, 0.25) is 0 Å². The Hall–Kier alpha value is -0.440. The third-order valence-electron chi connectivity index (χ3n) is 1.32. The van der Waals surface area contributed by atoms with E-state index in [2.05, 4.69) is 0 Å². The van der Waals surface area contributed by atoms with Gasteiger partial charge in [-0.25, -0.2) is 8.78 Å². The first-order valence-corrected chi connectivity index (χ1v) is 3.81. The van der Waals surface area contributed by atoms with Crippen molar-refractivity contribution < 1.29 is 13.9 Å². The molecule has 0 aromatic rings. The average molecular weight is 164 g/mol. The smallest absolute Gasteiger partial charge is 0.267 e. The molecule has 0 saturated heterocycles. The standard InChI is InChI=1S/C8H14F2O/c1-2-3-4-5-6-7(11)8(9)10/h5-8,11H,2-4H2,1H3/b6-5-/t7-/m0/s1. The minimum atomic E-state index is -2.66. The molecule has 0 saturated carbocycles. The van der Waals surface area contributed by atoms with Gasteiger partial charge in [0, 0.05) is 0 Å². The molecule has 3 heteroatoms. The van der Waals surface area contributed by atoms with E-state index >= 15 is 0 Å². The molecule has 0 aliphatic rings. The van der Waals surface area contributed by atoms with Gasteiger partial charge in [-0.2, -0.15) is 0 Å². The molecule has 0 aromatic heterocycles. The van der Waals surface area contributed by atoms with Crippen molar-refractivity contribution in [2.75, 3.05) is 0 Å². The first kappa shape index (κ1) is 10.6. The molecule has 0 aliphatic carbocycles. The molecule has 0 radical (unpaired) electrons. The SMILES string of the molecule is CCCC/C=C\[C@H](O)C(F)F. The van der Waals surface area contributed by atoms with Crippen LogP contribution in [-0.4, -0.2) is 17.6 Å². The van der Waals surface area contributed by atoms with Crippen LogP contribution in [0.25, 0.3) is 0 Å². The van der Waals surface area contributed by atoms with Gasteiger partial charge in [0.25, 0.3) is 6.43 Å². The van der Waals surface area contributed by atoms with E-state index in [4.69, 9.17) is 5.11 Å². The van der Waals surface area contributed by atoms with E-state index in [0.717, 1.165) is 25.3 Å². The molecule has 1 atom stereocenters. The van der Waals surface area contributed by atoms with Crippen molar-refractivity contribution in [3.63, 3.8) is 0 Å². The van der Waals surface area contributed by atoms with Crippen molar-refractivity contribution in [2.24, 2.45) is 0 Å². The Morgan fingerprint density at radius 2 is 2.09 bits per heavy atom. The number of aliphatic hydroxyl groups excluding tert-OH is 1. The van der Waals surface area contributed by atoms with E-state index < -0.39 is 12.5 Å². The zero-order valence-electron chi connectivity index (χ0n) is 6.63. The minimum absolute atomic E-state index is 0.764. The molecular formula is C8H14F2O. The molecule has 1 N–H and O–H groups in total. The highest BCUT2D eigenvalue weighted by molar-refractivity contribution is 4.89. The van der Waals surface area contributed by atoms with E-state index in [1.54, 1.807) is 6.08 Å².